The Kier molecular flexibility index (Phi) is 11.6. The Morgan fingerprint density at radius 1 is 0.955 bits per heavy atom. The highest BCUT2D eigenvalue weighted by atomic mass is 16.6. The molecule has 2 N–H and O–H groups in total. The molecule has 2 saturated heterocycles. The number of rotatable bonds is 15. The van der Waals surface area contributed by atoms with E-state index in [0.717, 1.165) is 16.9 Å². The molecule has 0 unspecified atom stereocenters. The van der Waals surface area contributed by atoms with Gasteiger partial charge in [0.25, 0.3) is 0 Å². The van der Waals surface area contributed by atoms with Gasteiger partial charge in [-0.1, -0.05) is 42.5 Å². The van der Waals surface area contributed by atoms with Gasteiger partial charge in [-0.15, -0.1) is 0 Å². The molecule has 2 fully saturated rings. The van der Waals surface area contributed by atoms with E-state index in [1.807, 2.05) is 68.1 Å². The van der Waals surface area contributed by atoms with E-state index >= 15 is 0 Å². The van der Waals surface area contributed by atoms with Gasteiger partial charge in [0.1, 0.15) is 11.4 Å². The molecule has 2 aromatic rings. The number of epoxide rings is 1. The number of amides is 2. The zero-order chi connectivity index (χ0) is 31.7. The van der Waals surface area contributed by atoms with Crippen LogP contribution < -0.4 is 15.4 Å². The Hall–Kier alpha value is -3.27. The Morgan fingerprint density at radius 2 is 1.59 bits per heavy atom. The van der Waals surface area contributed by atoms with Gasteiger partial charge in [0.05, 0.1) is 38.0 Å². The summed E-state index contributed by atoms with van der Waals surface area (Å²) in [5.41, 5.74) is 1.48. The second-order valence-electron chi connectivity index (χ2n) is 13.4. The molecular formula is C35H49N3O6. The Morgan fingerprint density at radius 3 is 2.20 bits per heavy atom. The predicted molar refractivity (Wildman–Crippen MR) is 170 cm³/mol. The number of benzene rings is 2. The molecule has 0 saturated carbocycles. The predicted octanol–water partition coefficient (Wildman–Crippen LogP) is 3.73. The third kappa shape index (κ3) is 11.3. The number of carbonyl (C=O) groups is 3. The van der Waals surface area contributed by atoms with Crippen LogP contribution in [0.3, 0.4) is 0 Å². The molecule has 9 heteroatoms. The number of carbonyl (C=O) groups excluding carboxylic acids is 3. The van der Waals surface area contributed by atoms with Crippen LogP contribution in [0.2, 0.25) is 0 Å². The van der Waals surface area contributed by atoms with Crippen molar-refractivity contribution in [1.29, 1.82) is 0 Å². The second kappa shape index (κ2) is 15.1. The normalized spacial score (nSPS) is 20.7. The monoisotopic (exact) mass is 607 g/mol. The third-order valence-corrected chi connectivity index (χ3v) is 7.97. The van der Waals surface area contributed by atoms with E-state index in [4.69, 9.17) is 14.2 Å². The van der Waals surface area contributed by atoms with Gasteiger partial charge in [-0.25, -0.2) is 0 Å². The summed E-state index contributed by atoms with van der Waals surface area (Å²) in [5.74, 6) is -0.420. The summed E-state index contributed by atoms with van der Waals surface area (Å²) in [6, 6.07) is 16.9. The van der Waals surface area contributed by atoms with E-state index in [2.05, 4.69) is 29.7 Å². The number of Topliss-reactive ketones (excluding diaryl/α,β-unsaturated/α-hetero) is 1. The minimum absolute atomic E-state index is 0.0108. The third-order valence-electron chi connectivity index (χ3n) is 7.97. The first-order chi connectivity index (χ1) is 20.9. The molecule has 240 valence electrons. The van der Waals surface area contributed by atoms with Gasteiger partial charge >= 0.3 is 0 Å². The average Bonchev–Trinajstić information content (AvgIpc) is 3.69. The fourth-order valence-electron chi connectivity index (χ4n) is 5.49. The molecule has 0 aromatic heterocycles. The number of hydrogen-bond acceptors (Lipinski definition) is 7. The van der Waals surface area contributed by atoms with E-state index in [1.54, 1.807) is 6.92 Å². The Balaban J connectivity index is 1.45. The highest BCUT2D eigenvalue weighted by Crippen LogP contribution is 2.32. The Bertz CT molecular complexity index is 1230. The topological polar surface area (TPSA) is 110 Å². The van der Waals surface area contributed by atoms with Crippen LogP contribution in [0.5, 0.6) is 5.75 Å². The summed E-state index contributed by atoms with van der Waals surface area (Å²) in [6.45, 7) is 13.2. The number of nitrogens with one attached hydrogen (secondary N) is 2. The van der Waals surface area contributed by atoms with Crippen molar-refractivity contribution < 1.29 is 28.6 Å². The molecule has 0 aliphatic carbocycles. The van der Waals surface area contributed by atoms with Crippen LogP contribution in [0, 0.1) is 5.92 Å². The van der Waals surface area contributed by atoms with Crippen LogP contribution in [-0.4, -0.2) is 85.2 Å². The van der Waals surface area contributed by atoms with Crippen molar-refractivity contribution in [2.75, 3.05) is 39.5 Å². The first-order valence-corrected chi connectivity index (χ1v) is 15.8. The molecule has 2 aromatic carbocycles. The molecule has 2 aliphatic rings. The van der Waals surface area contributed by atoms with Crippen LogP contribution in [0.4, 0.5) is 0 Å². The fraction of sp³-hybridized carbons (Fsp3) is 0.571. The fourth-order valence-corrected chi connectivity index (χ4v) is 5.49. The van der Waals surface area contributed by atoms with E-state index in [9.17, 15) is 14.4 Å². The number of morpholine rings is 1. The molecule has 0 radical (unpaired) electrons. The smallest absolute Gasteiger partial charge is 0.234 e. The van der Waals surface area contributed by atoms with Crippen molar-refractivity contribution in [2.24, 2.45) is 5.92 Å². The van der Waals surface area contributed by atoms with E-state index < -0.39 is 12.0 Å². The lowest BCUT2D eigenvalue weighted by Crippen LogP contribution is -2.48. The molecule has 44 heavy (non-hydrogen) atoms. The molecule has 4 rings (SSSR count). The summed E-state index contributed by atoms with van der Waals surface area (Å²) in [7, 11) is 0. The van der Waals surface area contributed by atoms with Crippen molar-refractivity contribution in [1.82, 2.24) is 15.5 Å². The van der Waals surface area contributed by atoms with Crippen molar-refractivity contribution >= 4 is 17.6 Å². The standard InChI is InChI=1S/C35H49N3O6/c1-25(36-32(40)23-38-15-17-42-18-16-38)31(39)21-28(19-27-11-13-30(14-12-27)44-34(2,3)4)33(41)37-29(22-35(5)24-43-35)20-26-9-7-6-8-10-26/h6-14,25,28-29H,15-24H2,1-5H3,(H,36,40)(H,37,41)/t25-,28+,29-,35-/m0/s1. The van der Waals surface area contributed by atoms with Crippen molar-refractivity contribution in [3.05, 3.63) is 65.7 Å². The maximum Gasteiger partial charge on any atom is 0.234 e. The highest BCUT2D eigenvalue weighted by molar-refractivity contribution is 5.92. The molecule has 4 atom stereocenters. The van der Waals surface area contributed by atoms with E-state index in [0.29, 0.717) is 52.2 Å². The molecule has 9 nitrogen and oxygen atoms in total. The summed E-state index contributed by atoms with van der Waals surface area (Å²) in [6.07, 6.45) is 1.74. The number of hydrogen-bond donors (Lipinski definition) is 2. The van der Waals surface area contributed by atoms with Crippen LogP contribution in [0.25, 0.3) is 0 Å². The van der Waals surface area contributed by atoms with Gasteiger partial charge in [0.15, 0.2) is 5.78 Å². The van der Waals surface area contributed by atoms with Gasteiger partial charge < -0.3 is 24.8 Å². The summed E-state index contributed by atoms with van der Waals surface area (Å²) in [5, 5.41) is 6.10. The summed E-state index contributed by atoms with van der Waals surface area (Å²) in [4.78, 5) is 42.0. The first kappa shape index (κ1) is 33.6. The van der Waals surface area contributed by atoms with Gasteiger partial charge in [0, 0.05) is 31.5 Å². The largest absolute Gasteiger partial charge is 0.488 e. The maximum atomic E-state index is 13.9. The highest BCUT2D eigenvalue weighted by Gasteiger charge is 2.42. The van der Waals surface area contributed by atoms with Gasteiger partial charge in [-0.2, -0.15) is 0 Å². The van der Waals surface area contributed by atoms with E-state index in [-0.39, 0.29) is 47.8 Å². The van der Waals surface area contributed by atoms with Gasteiger partial charge in [0.2, 0.25) is 11.8 Å². The number of nitrogens with zero attached hydrogens (tertiary/aromatic N) is 1. The minimum Gasteiger partial charge on any atom is -0.488 e. The van der Waals surface area contributed by atoms with Crippen molar-refractivity contribution in [3.63, 3.8) is 0 Å². The average molecular weight is 608 g/mol. The number of ketones is 1. The quantitative estimate of drug-likeness (QED) is 0.297. The van der Waals surface area contributed by atoms with Crippen LogP contribution in [-0.2, 0) is 36.7 Å². The minimum atomic E-state index is -0.708. The molecule has 2 heterocycles. The SMILES string of the molecule is C[C@H](NC(=O)CN1CCOCC1)C(=O)C[C@@H](Cc1ccc(OC(C)(C)C)cc1)C(=O)N[C@@H](Cc1ccccc1)C[C@@]1(C)CO1. The molecular weight excluding hydrogens is 558 g/mol. The van der Waals surface area contributed by atoms with Crippen molar-refractivity contribution in [3.8, 4) is 5.75 Å². The number of ether oxygens (including phenoxy) is 3. The zero-order valence-electron chi connectivity index (χ0n) is 26.9. The molecule has 2 amide bonds. The molecule has 0 bridgehead atoms. The second-order valence-corrected chi connectivity index (χ2v) is 13.4. The van der Waals surface area contributed by atoms with Gasteiger partial charge in [-0.05, 0) is 77.1 Å². The first-order valence-electron chi connectivity index (χ1n) is 15.8. The van der Waals surface area contributed by atoms with E-state index in [1.165, 1.54) is 0 Å². The maximum absolute atomic E-state index is 13.9. The zero-order valence-corrected chi connectivity index (χ0v) is 26.9. The van der Waals surface area contributed by atoms with Crippen LogP contribution >= 0.6 is 0 Å². The summed E-state index contributed by atoms with van der Waals surface area (Å²) >= 11 is 0. The van der Waals surface area contributed by atoms with Crippen molar-refractivity contribution in [2.45, 2.75) is 83.6 Å². The summed E-state index contributed by atoms with van der Waals surface area (Å²) < 4.78 is 17.0. The van der Waals surface area contributed by atoms with Crippen LogP contribution in [0.1, 0.15) is 58.6 Å². The van der Waals surface area contributed by atoms with Gasteiger partial charge in [-0.3, -0.25) is 19.3 Å². The molecule has 0 spiro atoms. The lowest BCUT2D eigenvalue weighted by atomic mass is 9.90. The lowest BCUT2D eigenvalue weighted by molar-refractivity contribution is -0.132. The van der Waals surface area contributed by atoms with Crippen LogP contribution in [0.15, 0.2) is 54.6 Å². The molecule has 2 aliphatic heterocycles. The Labute approximate surface area is 262 Å². The lowest BCUT2D eigenvalue weighted by Gasteiger charge is -2.27.